The molecule has 1 heterocycles. The van der Waals surface area contributed by atoms with E-state index >= 15 is 0 Å². The van der Waals surface area contributed by atoms with Crippen LogP contribution in [-0.2, 0) is 19.1 Å². The van der Waals surface area contributed by atoms with Gasteiger partial charge >= 0.3 is 12.0 Å². The molecule has 244 valence electrons. The van der Waals surface area contributed by atoms with Gasteiger partial charge in [0.2, 0.25) is 17.7 Å². The van der Waals surface area contributed by atoms with Gasteiger partial charge in [-0.05, 0) is 75.6 Å². The van der Waals surface area contributed by atoms with Gasteiger partial charge in [0.25, 0.3) is 0 Å². The van der Waals surface area contributed by atoms with Crippen LogP contribution < -0.4 is 19.5 Å². The number of amides is 2. The van der Waals surface area contributed by atoms with Gasteiger partial charge in [0.15, 0.2) is 0 Å². The van der Waals surface area contributed by atoms with E-state index in [9.17, 15) is 14.4 Å². The number of ether oxygens (including phenoxy) is 4. The summed E-state index contributed by atoms with van der Waals surface area (Å²) in [4.78, 5) is 51.1. The molecule has 2 aliphatic carbocycles. The number of nitrogens with zero attached hydrogens (tertiary/aromatic N) is 3. The average Bonchev–Trinajstić information content (AvgIpc) is 3.61. The van der Waals surface area contributed by atoms with Gasteiger partial charge in [-0.1, -0.05) is 19.4 Å². The van der Waals surface area contributed by atoms with E-state index in [2.05, 4.69) is 21.9 Å². The van der Waals surface area contributed by atoms with Crippen molar-refractivity contribution >= 4 is 17.8 Å². The number of nitrogens with one attached hydrogen (secondary N) is 1. The maximum Gasteiger partial charge on any atom is 0.332 e. The quantitative estimate of drug-likeness (QED) is 0.162. The third-order valence-electron chi connectivity index (χ3n) is 8.82. The number of esters is 1. The van der Waals surface area contributed by atoms with Crippen LogP contribution in [0.1, 0.15) is 58.8 Å². The van der Waals surface area contributed by atoms with Gasteiger partial charge in [-0.3, -0.25) is 9.59 Å². The summed E-state index contributed by atoms with van der Waals surface area (Å²) < 4.78 is 22.3. The highest BCUT2D eigenvalue weighted by molar-refractivity contribution is 5.94. The highest BCUT2D eigenvalue weighted by Gasteiger charge is 2.62. The lowest BCUT2D eigenvalue weighted by Crippen LogP contribution is -2.50. The van der Waals surface area contributed by atoms with E-state index in [0.717, 1.165) is 31.2 Å². The standard InChI is InChI=1S/C34H46N4O7/c1-7-10-11-12-17-38(4)31(40)27-19-25(18-26(27)30(39)37-34(21-23(34)8-2)32(41)44-9-3)45-29-20-28(35-33(36-29)43-6)22-13-15-24(42-5)16-14-22/h7,13-16,20,23,25-27H,1,8-12,17-19,21H2,2-6H3,(H,37,39)/t23-,25-,26-,27-,34-/m1/s1. The van der Waals surface area contributed by atoms with E-state index in [0.29, 0.717) is 30.8 Å². The lowest BCUT2D eigenvalue weighted by Gasteiger charge is -2.26. The topological polar surface area (TPSA) is 129 Å². The number of hydrogen-bond donors (Lipinski definition) is 1. The number of allylic oxidation sites excluding steroid dienone is 1. The van der Waals surface area contributed by atoms with Crippen LogP contribution in [0, 0.1) is 17.8 Å². The van der Waals surface area contributed by atoms with E-state index in [1.807, 2.05) is 37.3 Å². The van der Waals surface area contributed by atoms with E-state index in [-0.39, 0.29) is 42.7 Å². The minimum Gasteiger partial charge on any atom is -0.497 e. The molecule has 2 fully saturated rings. The van der Waals surface area contributed by atoms with Crippen LogP contribution in [0.3, 0.4) is 0 Å². The van der Waals surface area contributed by atoms with Crippen molar-refractivity contribution < 1.29 is 33.3 Å². The fourth-order valence-electron chi connectivity index (χ4n) is 6.17. The van der Waals surface area contributed by atoms with E-state index in [1.165, 1.54) is 7.11 Å². The SMILES string of the molecule is C=CCCCCN(C)C(=O)[C@@H]1C[C@H](Oc2cc(-c3ccc(OC)cc3)nc(OC)n2)C[C@H]1C(=O)N[C@]1(C(=O)OCC)C[C@H]1CC. The molecular formula is C34H46N4O7. The summed E-state index contributed by atoms with van der Waals surface area (Å²) in [5, 5.41) is 3.01. The van der Waals surface area contributed by atoms with Crippen molar-refractivity contribution in [1.29, 1.82) is 0 Å². The number of aromatic nitrogens is 2. The Bertz CT molecular complexity index is 1350. The van der Waals surface area contributed by atoms with Crippen molar-refractivity contribution in [3.8, 4) is 28.9 Å². The summed E-state index contributed by atoms with van der Waals surface area (Å²) in [7, 11) is 4.85. The molecule has 2 aromatic rings. The zero-order valence-corrected chi connectivity index (χ0v) is 27.0. The van der Waals surface area contributed by atoms with Crippen LogP contribution in [0.4, 0.5) is 0 Å². The second kappa shape index (κ2) is 15.2. The Morgan fingerprint density at radius 3 is 2.42 bits per heavy atom. The maximum absolute atomic E-state index is 13.9. The van der Waals surface area contributed by atoms with Gasteiger partial charge in [-0.15, -0.1) is 6.58 Å². The van der Waals surface area contributed by atoms with Crippen LogP contribution in [0.5, 0.6) is 17.6 Å². The Morgan fingerprint density at radius 2 is 1.80 bits per heavy atom. The van der Waals surface area contributed by atoms with E-state index in [4.69, 9.17) is 18.9 Å². The third-order valence-corrected chi connectivity index (χ3v) is 8.82. The largest absolute Gasteiger partial charge is 0.497 e. The van der Waals surface area contributed by atoms with Crippen molar-refractivity contribution in [2.24, 2.45) is 17.8 Å². The lowest BCUT2D eigenvalue weighted by molar-refractivity contribution is -0.150. The second-order valence-electron chi connectivity index (χ2n) is 11.8. The number of methoxy groups -OCH3 is 2. The number of unbranched alkanes of at least 4 members (excludes halogenated alkanes) is 2. The molecule has 45 heavy (non-hydrogen) atoms. The Balaban J connectivity index is 1.56. The molecule has 11 nitrogen and oxygen atoms in total. The first-order chi connectivity index (χ1) is 21.7. The van der Waals surface area contributed by atoms with Gasteiger partial charge in [-0.2, -0.15) is 9.97 Å². The first-order valence-corrected chi connectivity index (χ1v) is 15.8. The summed E-state index contributed by atoms with van der Waals surface area (Å²) in [6, 6.07) is 9.27. The fraction of sp³-hybridized carbons (Fsp3) is 0.559. The van der Waals surface area contributed by atoms with Crippen molar-refractivity contribution in [1.82, 2.24) is 20.2 Å². The number of carbonyl (C=O) groups is 3. The summed E-state index contributed by atoms with van der Waals surface area (Å²) >= 11 is 0. The van der Waals surface area contributed by atoms with E-state index < -0.39 is 29.4 Å². The normalized spacial score (nSPS) is 23.5. The van der Waals surface area contributed by atoms with Gasteiger partial charge in [0.1, 0.15) is 17.4 Å². The molecule has 11 heteroatoms. The molecule has 5 atom stereocenters. The second-order valence-corrected chi connectivity index (χ2v) is 11.8. The molecule has 0 aliphatic heterocycles. The molecule has 0 saturated heterocycles. The number of rotatable bonds is 16. The molecule has 1 N–H and O–H groups in total. The highest BCUT2D eigenvalue weighted by Crippen LogP contribution is 2.48. The first-order valence-electron chi connectivity index (χ1n) is 15.8. The summed E-state index contributed by atoms with van der Waals surface area (Å²) in [6.45, 7) is 8.30. The predicted molar refractivity (Wildman–Crippen MR) is 169 cm³/mol. The molecule has 2 saturated carbocycles. The molecule has 4 rings (SSSR count). The molecule has 0 radical (unpaired) electrons. The average molecular weight is 623 g/mol. The van der Waals surface area contributed by atoms with Crippen molar-refractivity contribution in [2.45, 2.75) is 70.4 Å². The Hall–Kier alpha value is -4.15. The predicted octanol–water partition coefficient (Wildman–Crippen LogP) is 4.60. The monoisotopic (exact) mass is 622 g/mol. The zero-order chi connectivity index (χ0) is 32.6. The minimum atomic E-state index is -1.04. The summed E-state index contributed by atoms with van der Waals surface area (Å²) in [5.41, 5.74) is 0.364. The fourth-order valence-corrected chi connectivity index (χ4v) is 6.17. The van der Waals surface area contributed by atoms with Crippen LogP contribution in [0.25, 0.3) is 11.3 Å². The summed E-state index contributed by atoms with van der Waals surface area (Å²) in [5.74, 6) is -1.18. The van der Waals surface area contributed by atoms with E-state index in [1.54, 1.807) is 32.0 Å². The smallest absolute Gasteiger partial charge is 0.332 e. The molecular weight excluding hydrogens is 576 g/mol. The van der Waals surface area contributed by atoms with Crippen LogP contribution in [-0.4, -0.2) is 78.7 Å². The van der Waals surface area contributed by atoms with Crippen LogP contribution >= 0.6 is 0 Å². The van der Waals surface area contributed by atoms with Crippen molar-refractivity contribution in [3.05, 3.63) is 43.0 Å². The molecule has 0 unspecified atom stereocenters. The van der Waals surface area contributed by atoms with Gasteiger partial charge in [0, 0.05) is 25.2 Å². The van der Waals surface area contributed by atoms with Gasteiger partial charge in [0.05, 0.1) is 38.4 Å². The molecule has 1 aromatic carbocycles. The van der Waals surface area contributed by atoms with Crippen molar-refractivity contribution in [3.63, 3.8) is 0 Å². The highest BCUT2D eigenvalue weighted by atomic mass is 16.5. The Labute approximate surface area is 265 Å². The molecule has 1 aromatic heterocycles. The molecule has 0 spiro atoms. The molecule has 2 amide bonds. The Morgan fingerprint density at radius 1 is 1.07 bits per heavy atom. The Kier molecular flexibility index (Phi) is 11.4. The zero-order valence-electron chi connectivity index (χ0n) is 27.0. The third kappa shape index (κ3) is 7.93. The maximum atomic E-state index is 13.9. The van der Waals surface area contributed by atoms with Crippen LogP contribution in [0.15, 0.2) is 43.0 Å². The lowest BCUT2D eigenvalue weighted by atomic mass is 9.93. The molecule has 0 bridgehead atoms. The number of benzene rings is 1. The number of hydrogen-bond acceptors (Lipinski definition) is 9. The van der Waals surface area contributed by atoms with Gasteiger partial charge < -0.3 is 29.2 Å². The van der Waals surface area contributed by atoms with Crippen molar-refractivity contribution in [2.75, 3.05) is 34.4 Å². The summed E-state index contributed by atoms with van der Waals surface area (Å²) in [6.07, 6.45) is 5.88. The minimum absolute atomic E-state index is 0.000458. The molecule has 2 aliphatic rings. The number of carbonyl (C=O) groups excluding carboxylic acids is 3. The first kappa shape index (κ1) is 33.7. The van der Waals surface area contributed by atoms with Crippen LogP contribution in [0.2, 0.25) is 0 Å². The van der Waals surface area contributed by atoms with Gasteiger partial charge in [-0.25, -0.2) is 4.79 Å².